The maximum absolute atomic E-state index is 10.8. The van der Waals surface area contributed by atoms with Crippen molar-refractivity contribution < 1.29 is 15.0 Å². The van der Waals surface area contributed by atoms with Gasteiger partial charge in [0.25, 0.3) is 0 Å². The van der Waals surface area contributed by atoms with Gasteiger partial charge in [0.15, 0.2) is 0 Å². The number of carboxylic acids is 1. The van der Waals surface area contributed by atoms with Crippen LogP contribution in [0.3, 0.4) is 0 Å². The van der Waals surface area contributed by atoms with Crippen LogP contribution in [0.4, 0.5) is 0 Å². The monoisotopic (exact) mass is 247 g/mol. The maximum Gasteiger partial charge on any atom is 0.335 e. The van der Waals surface area contributed by atoms with Gasteiger partial charge in [-0.3, -0.25) is 0 Å². The summed E-state index contributed by atoms with van der Waals surface area (Å²) in [6, 6.07) is 4.23. The number of aryl methyl sites for hydroxylation is 1. The van der Waals surface area contributed by atoms with Crippen molar-refractivity contribution in [2.45, 2.75) is 19.9 Å². The van der Waals surface area contributed by atoms with Crippen molar-refractivity contribution in [2.75, 3.05) is 0 Å². The van der Waals surface area contributed by atoms with Crippen LogP contribution in [0.25, 0.3) is 11.3 Å². The second-order valence-corrected chi connectivity index (χ2v) is 3.88. The highest BCUT2D eigenvalue weighted by Gasteiger charge is 2.13. The molecular formula is C12H13N3O3. The first-order chi connectivity index (χ1) is 8.63. The topological polar surface area (TPSA) is 88.2 Å². The van der Waals surface area contributed by atoms with E-state index in [4.69, 9.17) is 5.11 Å². The van der Waals surface area contributed by atoms with Crippen molar-refractivity contribution >= 4 is 5.97 Å². The van der Waals surface area contributed by atoms with Crippen LogP contribution in [0.15, 0.2) is 24.4 Å². The Bertz CT molecular complexity index is 578. The molecule has 0 aliphatic carbocycles. The van der Waals surface area contributed by atoms with E-state index in [1.807, 2.05) is 6.92 Å². The summed E-state index contributed by atoms with van der Waals surface area (Å²) >= 11 is 0. The van der Waals surface area contributed by atoms with Crippen molar-refractivity contribution in [1.82, 2.24) is 15.0 Å². The van der Waals surface area contributed by atoms with Gasteiger partial charge < -0.3 is 10.2 Å². The summed E-state index contributed by atoms with van der Waals surface area (Å²) in [5, 5.41) is 26.4. The third kappa shape index (κ3) is 2.17. The number of rotatable bonds is 4. The third-order valence-electron chi connectivity index (χ3n) is 2.57. The summed E-state index contributed by atoms with van der Waals surface area (Å²) in [6.45, 7) is 2.70. The smallest absolute Gasteiger partial charge is 0.335 e. The standard InChI is InChI=1S/C12H13N3O3/c1-2-5-15-10(7-13-14-15)9-4-3-8(12(17)18)6-11(9)16/h3-4,6-7,16H,2,5H2,1H3,(H,17,18). The average molecular weight is 247 g/mol. The Morgan fingerprint density at radius 1 is 1.44 bits per heavy atom. The number of hydrogen-bond donors (Lipinski definition) is 2. The van der Waals surface area contributed by atoms with Crippen LogP contribution >= 0.6 is 0 Å². The number of benzene rings is 1. The highest BCUT2D eigenvalue weighted by atomic mass is 16.4. The highest BCUT2D eigenvalue weighted by molar-refractivity contribution is 5.89. The van der Waals surface area contributed by atoms with E-state index in [0.717, 1.165) is 6.42 Å². The lowest BCUT2D eigenvalue weighted by Crippen LogP contribution is -2.02. The molecule has 0 saturated carbocycles. The molecule has 6 heteroatoms. The summed E-state index contributed by atoms with van der Waals surface area (Å²) in [6.07, 6.45) is 2.44. The molecule has 0 aliphatic rings. The molecule has 0 amide bonds. The molecule has 18 heavy (non-hydrogen) atoms. The molecule has 0 spiro atoms. The Hall–Kier alpha value is -2.37. The zero-order valence-electron chi connectivity index (χ0n) is 9.87. The van der Waals surface area contributed by atoms with E-state index in [2.05, 4.69) is 10.3 Å². The number of aromatic hydroxyl groups is 1. The molecule has 0 atom stereocenters. The normalized spacial score (nSPS) is 10.5. The number of aromatic carboxylic acids is 1. The zero-order valence-corrected chi connectivity index (χ0v) is 9.87. The van der Waals surface area contributed by atoms with Crippen molar-refractivity contribution in [3.63, 3.8) is 0 Å². The molecule has 1 aromatic carbocycles. The summed E-state index contributed by atoms with van der Waals surface area (Å²) in [5.74, 6) is -1.16. The lowest BCUT2D eigenvalue weighted by molar-refractivity contribution is 0.0696. The fraction of sp³-hybridized carbons (Fsp3) is 0.250. The lowest BCUT2D eigenvalue weighted by atomic mass is 10.1. The number of carbonyl (C=O) groups is 1. The van der Waals surface area contributed by atoms with Gasteiger partial charge in [-0.2, -0.15) is 0 Å². The van der Waals surface area contributed by atoms with E-state index in [0.29, 0.717) is 17.8 Å². The van der Waals surface area contributed by atoms with Gasteiger partial charge in [-0.15, -0.1) is 5.10 Å². The van der Waals surface area contributed by atoms with Crippen molar-refractivity contribution in [3.8, 4) is 17.0 Å². The molecule has 0 aliphatic heterocycles. The van der Waals surface area contributed by atoms with Crippen molar-refractivity contribution in [2.24, 2.45) is 0 Å². The molecule has 6 nitrogen and oxygen atoms in total. The SMILES string of the molecule is CCCn1nncc1-c1ccc(C(=O)O)cc1O. The molecule has 2 aromatic rings. The van der Waals surface area contributed by atoms with Gasteiger partial charge in [-0.1, -0.05) is 12.1 Å². The average Bonchev–Trinajstić information content (AvgIpc) is 2.77. The Morgan fingerprint density at radius 2 is 2.22 bits per heavy atom. The molecule has 0 saturated heterocycles. The predicted molar refractivity (Wildman–Crippen MR) is 64.4 cm³/mol. The molecular weight excluding hydrogens is 234 g/mol. The van der Waals surface area contributed by atoms with E-state index in [9.17, 15) is 9.90 Å². The molecule has 94 valence electrons. The zero-order chi connectivity index (χ0) is 13.1. The molecule has 2 N–H and O–H groups in total. The number of carboxylic acid groups (broad SMARTS) is 1. The Kier molecular flexibility index (Phi) is 3.27. The van der Waals surface area contributed by atoms with Gasteiger partial charge in [0.05, 0.1) is 17.5 Å². The Labute approximate surface area is 103 Å². The van der Waals surface area contributed by atoms with Crippen LogP contribution in [0.1, 0.15) is 23.7 Å². The number of aromatic nitrogens is 3. The van der Waals surface area contributed by atoms with Crippen molar-refractivity contribution in [3.05, 3.63) is 30.0 Å². The molecule has 1 heterocycles. The van der Waals surface area contributed by atoms with Crippen LogP contribution < -0.4 is 0 Å². The minimum absolute atomic E-state index is 0.0470. The second kappa shape index (κ2) is 4.87. The minimum Gasteiger partial charge on any atom is -0.507 e. The van der Waals surface area contributed by atoms with Gasteiger partial charge in [-0.05, 0) is 24.6 Å². The van der Waals surface area contributed by atoms with Crippen molar-refractivity contribution in [1.29, 1.82) is 0 Å². The Morgan fingerprint density at radius 3 is 2.83 bits per heavy atom. The van der Waals surface area contributed by atoms with E-state index >= 15 is 0 Å². The first kappa shape index (κ1) is 12.1. The predicted octanol–water partition coefficient (Wildman–Crippen LogP) is 1.76. The highest BCUT2D eigenvalue weighted by Crippen LogP contribution is 2.29. The van der Waals surface area contributed by atoms with Gasteiger partial charge in [0.2, 0.25) is 0 Å². The van der Waals surface area contributed by atoms with Gasteiger partial charge in [0, 0.05) is 12.1 Å². The molecule has 2 rings (SSSR count). The Balaban J connectivity index is 2.44. The van der Waals surface area contributed by atoms with Crippen LogP contribution in [-0.4, -0.2) is 31.2 Å². The van der Waals surface area contributed by atoms with E-state index in [1.54, 1.807) is 16.9 Å². The summed E-state index contributed by atoms with van der Waals surface area (Å²) < 4.78 is 1.68. The molecule has 0 fully saturated rings. The van der Waals surface area contributed by atoms with Crippen LogP contribution in [0.2, 0.25) is 0 Å². The van der Waals surface area contributed by atoms with Gasteiger partial charge in [-0.25, -0.2) is 9.48 Å². The van der Waals surface area contributed by atoms with E-state index in [1.165, 1.54) is 12.1 Å². The fourth-order valence-corrected chi connectivity index (χ4v) is 1.72. The summed E-state index contributed by atoms with van der Waals surface area (Å²) in [7, 11) is 0. The van der Waals surface area contributed by atoms with Gasteiger partial charge in [0.1, 0.15) is 5.75 Å². The maximum atomic E-state index is 10.8. The largest absolute Gasteiger partial charge is 0.507 e. The number of phenols is 1. The van der Waals surface area contributed by atoms with E-state index < -0.39 is 5.97 Å². The number of hydrogen-bond acceptors (Lipinski definition) is 4. The van der Waals surface area contributed by atoms with Crippen LogP contribution in [0.5, 0.6) is 5.75 Å². The summed E-state index contributed by atoms with van der Waals surface area (Å²) in [5.41, 5.74) is 1.25. The van der Waals surface area contributed by atoms with Gasteiger partial charge >= 0.3 is 5.97 Å². The second-order valence-electron chi connectivity index (χ2n) is 3.88. The molecule has 1 aromatic heterocycles. The van der Waals surface area contributed by atoms with E-state index in [-0.39, 0.29) is 11.3 Å². The molecule has 0 bridgehead atoms. The van der Waals surface area contributed by atoms with Crippen LogP contribution in [-0.2, 0) is 6.54 Å². The third-order valence-corrected chi connectivity index (χ3v) is 2.57. The quantitative estimate of drug-likeness (QED) is 0.859. The minimum atomic E-state index is -1.07. The van der Waals surface area contributed by atoms with Crippen LogP contribution in [0, 0.1) is 0 Å². The molecule has 0 unspecified atom stereocenters. The first-order valence-corrected chi connectivity index (χ1v) is 5.58. The first-order valence-electron chi connectivity index (χ1n) is 5.58. The summed E-state index contributed by atoms with van der Waals surface area (Å²) in [4.78, 5) is 10.8. The number of phenolic OH excluding ortho intramolecular Hbond substituents is 1. The number of nitrogens with zero attached hydrogens (tertiary/aromatic N) is 3. The lowest BCUT2D eigenvalue weighted by Gasteiger charge is -2.07. The molecule has 0 radical (unpaired) electrons. The fourth-order valence-electron chi connectivity index (χ4n) is 1.72.